The Balaban J connectivity index is 1.47. The lowest BCUT2D eigenvalue weighted by Gasteiger charge is -2.27. The maximum atomic E-state index is 12.8. The second kappa shape index (κ2) is 14.0. The van der Waals surface area contributed by atoms with Crippen molar-refractivity contribution in [1.82, 2.24) is 15.2 Å². The maximum Gasteiger partial charge on any atom is 0.270 e. The van der Waals surface area contributed by atoms with Gasteiger partial charge in [-0.15, -0.1) is 11.8 Å². The lowest BCUT2D eigenvalue weighted by molar-refractivity contribution is -0.131. The summed E-state index contributed by atoms with van der Waals surface area (Å²) in [4.78, 5) is 32.5. The molecule has 10 heteroatoms. The molecule has 0 spiro atoms. The predicted octanol–water partition coefficient (Wildman–Crippen LogP) is 3.15. The number of carbonyl (C=O) groups is 2. The summed E-state index contributed by atoms with van der Waals surface area (Å²) in [6.45, 7) is 2.72. The number of hydrogen-bond donors (Lipinski definition) is 3. The Morgan fingerprint density at radius 1 is 1.21 bits per heavy atom. The summed E-state index contributed by atoms with van der Waals surface area (Å²) in [5.41, 5.74) is 14.1. The van der Waals surface area contributed by atoms with Gasteiger partial charge < -0.3 is 21.7 Å². The SMILES string of the molecule is CCCC(NC(=O)c1ccc(SSCC(N)Cc2ccccc2)cn1)C(N)C(=O)N1CCSC1. The van der Waals surface area contributed by atoms with Crippen molar-refractivity contribution in [3.05, 3.63) is 59.9 Å². The van der Waals surface area contributed by atoms with E-state index in [0.717, 1.165) is 29.2 Å². The van der Waals surface area contributed by atoms with Gasteiger partial charge in [-0.05, 0) is 30.5 Å². The first-order valence-corrected chi connectivity index (χ1v) is 14.9. The third-order valence-corrected chi connectivity index (χ3v) is 8.87. The fourth-order valence-electron chi connectivity index (χ4n) is 3.59. The van der Waals surface area contributed by atoms with Gasteiger partial charge in [0.1, 0.15) is 11.7 Å². The molecule has 1 aromatic carbocycles. The normalized spacial score (nSPS) is 16.1. The van der Waals surface area contributed by atoms with Crippen LogP contribution in [0.3, 0.4) is 0 Å². The smallest absolute Gasteiger partial charge is 0.270 e. The molecule has 0 saturated carbocycles. The molecule has 2 aromatic rings. The fraction of sp³-hybridized carbons (Fsp3) is 0.458. The van der Waals surface area contributed by atoms with Crippen LogP contribution in [0.5, 0.6) is 0 Å². The first-order valence-electron chi connectivity index (χ1n) is 11.5. The number of rotatable bonds is 12. The summed E-state index contributed by atoms with van der Waals surface area (Å²) >= 11 is 1.71. The van der Waals surface area contributed by atoms with Crippen LogP contribution in [0.15, 0.2) is 53.6 Å². The molecule has 1 saturated heterocycles. The highest BCUT2D eigenvalue weighted by molar-refractivity contribution is 8.76. The van der Waals surface area contributed by atoms with Gasteiger partial charge in [0, 0.05) is 35.2 Å². The van der Waals surface area contributed by atoms with Gasteiger partial charge >= 0.3 is 0 Å². The molecule has 0 bridgehead atoms. The highest BCUT2D eigenvalue weighted by Gasteiger charge is 2.31. The van der Waals surface area contributed by atoms with E-state index in [4.69, 9.17) is 11.5 Å². The van der Waals surface area contributed by atoms with Crippen molar-refractivity contribution in [2.45, 2.75) is 49.2 Å². The minimum atomic E-state index is -0.756. The van der Waals surface area contributed by atoms with Crippen LogP contribution >= 0.6 is 33.3 Å². The second-order valence-electron chi connectivity index (χ2n) is 8.23. The molecule has 34 heavy (non-hydrogen) atoms. The summed E-state index contributed by atoms with van der Waals surface area (Å²) in [5.74, 6) is 1.98. The van der Waals surface area contributed by atoms with E-state index in [9.17, 15) is 9.59 Å². The monoisotopic (exact) mass is 519 g/mol. The molecule has 0 aliphatic carbocycles. The minimum Gasteiger partial charge on any atom is -0.346 e. The summed E-state index contributed by atoms with van der Waals surface area (Å²) in [7, 11) is 3.27. The van der Waals surface area contributed by atoms with E-state index in [1.54, 1.807) is 50.5 Å². The van der Waals surface area contributed by atoms with Crippen molar-refractivity contribution in [2.24, 2.45) is 11.5 Å². The van der Waals surface area contributed by atoms with Crippen molar-refractivity contribution in [2.75, 3.05) is 23.9 Å². The van der Waals surface area contributed by atoms with E-state index in [1.807, 2.05) is 31.2 Å². The number of pyridine rings is 1. The second-order valence-corrected chi connectivity index (χ2v) is 11.7. The van der Waals surface area contributed by atoms with Crippen molar-refractivity contribution in [1.29, 1.82) is 0 Å². The van der Waals surface area contributed by atoms with E-state index in [-0.39, 0.29) is 17.9 Å². The molecule has 3 rings (SSSR count). The number of nitrogens with one attached hydrogen (secondary N) is 1. The van der Waals surface area contributed by atoms with Gasteiger partial charge in [0.2, 0.25) is 5.91 Å². The van der Waals surface area contributed by atoms with E-state index in [2.05, 4.69) is 22.4 Å². The molecule has 184 valence electrons. The molecular formula is C24H33N5O2S3. The number of thioether (sulfide) groups is 1. The first kappa shape index (κ1) is 26.9. The van der Waals surface area contributed by atoms with Gasteiger partial charge in [0.05, 0.1) is 11.9 Å². The maximum absolute atomic E-state index is 12.8. The Hall–Kier alpha value is -1.72. The zero-order chi connectivity index (χ0) is 24.3. The minimum absolute atomic E-state index is 0.0690. The predicted molar refractivity (Wildman–Crippen MR) is 144 cm³/mol. The highest BCUT2D eigenvalue weighted by Crippen LogP contribution is 2.31. The van der Waals surface area contributed by atoms with Crippen LogP contribution in [0.4, 0.5) is 0 Å². The van der Waals surface area contributed by atoms with Crippen LogP contribution < -0.4 is 16.8 Å². The van der Waals surface area contributed by atoms with E-state index in [1.165, 1.54) is 5.56 Å². The van der Waals surface area contributed by atoms with Crippen molar-refractivity contribution in [3.63, 3.8) is 0 Å². The molecular weight excluding hydrogens is 486 g/mol. The van der Waals surface area contributed by atoms with Gasteiger partial charge in [0.25, 0.3) is 5.91 Å². The molecule has 3 unspecified atom stereocenters. The zero-order valence-corrected chi connectivity index (χ0v) is 21.8. The molecule has 2 heterocycles. The van der Waals surface area contributed by atoms with Crippen LogP contribution in [0.2, 0.25) is 0 Å². The van der Waals surface area contributed by atoms with Crippen LogP contribution in [-0.2, 0) is 11.2 Å². The summed E-state index contributed by atoms with van der Waals surface area (Å²) < 4.78 is 0. The van der Waals surface area contributed by atoms with Crippen molar-refractivity contribution < 1.29 is 9.59 Å². The van der Waals surface area contributed by atoms with Crippen LogP contribution in [-0.4, -0.2) is 63.8 Å². The molecule has 5 N–H and O–H groups in total. The van der Waals surface area contributed by atoms with Gasteiger partial charge in [-0.3, -0.25) is 9.59 Å². The molecule has 3 atom stereocenters. The number of amides is 2. The van der Waals surface area contributed by atoms with Gasteiger partial charge in [-0.25, -0.2) is 4.98 Å². The van der Waals surface area contributed by atoms with Crippen molar-refractivity contribution >= 4 is 45.2 Å². The number of carbonyl (C=O) groups excluding carboxylic acids is 2. The standard InChI is InChI=1S/C24H33N5O2S3/c1-2-6-20(22(26)24(31)29-11-12-32-16-29)28-23(30)21-10-9-19(14-27-21)34-33-15-18(25)13-17-7-4-3-5-8-17/h3-5,7-10,14,18,20,22H,2,6,11-13,15-16,25-26H2,1H3,(H,28,30). The average molecular weight is 520 g/mol. The van der Waals surface area contributed by atoms with Gasteiger partial charge in [0.15, 0.2) is 0 Å². The van der Waals surface area contributed by atoms with Crippen LogP contribution in [0.25, 0.3) is 0 Å². The fourth-order valence-corrected chi connectivity index (χ4v) is 6.70. The lowest BCUT2D eigenvalue weighted by Crippen LogP contribution is -2.55. The molecule has 7 nitrogen and oxygen atoms in total. The Morgan fingerprint density at radius 2 is 2.00 bits per heavy atom. The molecule has 1 aliphatic rings. The largest absolute Gasteiger partial charge is 0.346 e. The van der Waals surface area contributed by atoms with E-state index < -0.39 is 12.1 Å². The summed E-state index contributed by atoms with van der Waals surface area (Å²) in [6.07, 6.45) is 3.98. The zero-order valence-electron chi connectivity index (χ0n) is 19.4. The quantitative estimate of drug-likeness (QED) is 0.367. The molecule has 1 aromatic heterocycles. The van der Waals surface area contributed by atoms with Crippen LogP contribution in [0, 0.1) is 0 Å². The summed E-state index contributed by atoms with van der Waals surface area (Å²) in [6, 6.07) is 12.7. The molecule has 0 radical (unpaired) electrons. The molecule has 1 fully saturated rings. The first-order chi connectivity index (χ1) is 16.5. The number of aromatic nitrogens is 1. The topological polar surface area (TPSA) is 114 Å². The Kier molecular flexibility index (Phi) is 11.1. The Bertz CT molecular complexity index is 911. The lowest BCUT2D eigenvalue weighted by atomic mass is 10.0. The van der Waals surface area contributed by atoms with Crippen molar-refractivity contribution in [3.8, 4) is 0 Å². The van der Waals surface area contributed by atoms with Crippen LogP contribution in [0.1, 0.15) is 35.8 Å². The third kappa shape index (κ3) is 8.20. The molecule has 2 amide bonds. The summed E-state index contributed by atoms with van der Waals surface area (Å²) in [5, 5.41) is 2.93. The Morgan fingerprint density at radius 3 is 2.65 bits per heavy atom. The van der Waals surface area contributed by atoms with Gasteiger partial charge in [-0.2, -0.15) is 0 Å². The number of hydrogen-bond acceptors (Lipinski definition) is 8. The number of nitrogens with zero attached hydrogens (tertiary/aromatic N) is 2. The Labute approximate surface area is 214 Å². The average Bonchev–Trinajstić information content (AvgIpc) is 3.39. The van der Waals surface area contributed by atoms with E-state index in [0.29, 0.717) is 24.5 Å². The third-order valence-electron chi connectivity index (χ3n) is 5.45. The highest BCUT2D eigenvalue weighted by atomic mass is 33.1. The van der Waals surface area contributed by atoms with Gasteiger partial charge in [-0.1, -0.05) is 65.3 Å². The van der Waals surface area contributed by atoms with E-state index >= 15 is 0 Å². The number of nitrogens with two attached hydrogens (primary N) is 2. The number of benzene rings is 1. The molecule has 1 aliphatic heterocycles.